The van der Waals surface area contributed by atoms with Crippen molar-refractivity contribution in [2.45, 2.75) is 50.1 Å². The van der Waals surface area contributed by atoms with Crippen LogP contribution in [0.5, 0.6) is 0 Å². The van der Waals surface area contributed by atoms with Gasteiger partial charge >= 0.3 is 5.97 Å². The Morgan fingerprint density at radius 1 is 0.950 bits per heavy atom. The van der Waals surface area contributed by atoms with E-state index in [4.69, 9.17) is 28.3 Å². The second-order valence-electron chi connectivity index (χ2n) is 9.06. The number of aliphatic carboxylic acids is 1. The van der Waals surface area contributed by atoms with Crippen LogP contribution in [0.4, 0.5) is 0 Å². The molecule has 12 N–H and O–H groups in total. The first-order valence-corrected chi connectivity index (χ1v) is 12.5. The first-order chi connectivity index (χ1) is 19.0. The Morgan fingerprint density at radius 2 is 1.62 bits per heavy atom. The highest BCUT2D eigenvalue weighted by molar-refractivity contribution is 5.95. The molecule has 214 valence electrons. The summed E-state index contributed by atoms with van der Waals surface area (Å²) in [5.41, 5.74) is 23.4. The Morgan fingerprint density at radius 3 is 2.17 bits per heavy atom. The monoisotopic (exact) mass is 553 g/mol. The maximum atomic E-state index is 13.5. The maximum Gasteiger partial charge on any atom is 0.303 e. The number of pyridine rings is 1. The van der Waals surface area contributed by atoms with E-state index in [1.165, 1.54) is 6.20 Å². The molecule has 1 aromatic carbocycles. The summed E-state index contributed by atoms with van der Waals surface area (Å²) in [4.78, 5) is 57.8. The number of hydrogen-bond donors (Lipinski definition) is 8. The van der Waals surface area contributed by atoms with E-state index in [1.54, 1.807) is 42.6 Å². The summed E-state index contributed by atoms with van der Waals surface area (Å²) < 4.78 is 0. The number of nitrogens with one attached hydrogen (secondary N) is 3. The lowest BCUT2D eigenvalue weighted by Gasteiger charge is -2.24. The zero-order valence-corrected chi connectivity index (χ0v) is 21.9. The van der Waals surface area contributed by atoms with Gasteiger partial charge in [0.2, 0.25) is 17.7 Å². The number of rotatable bonds is 16. The zero-order valence-electron chi connectivity index (χ0n) is 21.9. The van der Waals surface area contributed by atoms with Crippen molar-refractivity contribution in [1.29, 1.82) is 5.41 Å². The Hall–Kier alpha value is -5.01. The van der Waals surface area contributed by atoms with Crippen molar-refractivity contribution >= 4 is 35.5 Å². The number of guanidine groups is 1. The van der Waals surface area contributed by atoms with Crippen LogP contribution in [0.2, 0.25) is 0 Å². The number of carboxylic acid groups (broad SMARTS) is 1. The standard InChI is InChI=1S/C26H35N9O5/c27-22(28)16-7-5-15(6-8-16)13-18(17-3-1-11-32-14-17)24(39)35-20(9-10-21(36)37)25(40)34-19(23(29)38)4-2-12-33-26(30)31/h1,3,5-8,11,14,18-20H,2,4,9-10,12-13H2,(H3,27,28)(H2,29,38)(H,34,40)(H,35,39)(H,36,37)(H4,30,31,33)/t18-,19+,20+/m1/s1. The number of aliphatic imine (C=N–C) groups is 1. The molecule has 0 aliphatic heterocycles. The van der Waals surface area contributed by atoms with E-state index < -0.39 is 48.1 Å². The molecule has 14 nitrogen and oxygen atoms in total. The number of nitrogen functional groups attached to an aromatic ring is 1. The molecular formula is C26H35N9O5. The lowest BCUT2D eigenvalue weighted by Crippen LogP contribution is -2.53. The molecule has 2 rings (SSSR count). The topological polar surface area (TPSA) is 266 Å². The summed E-state index contributed by atoms with van der Waals surface area (Å²) in [6.45, 7) is 0.210. The number of benzene rings is 1. The molecule has 0 radical (unpaired) electrons. The summed E-state index contributed by atoms with van der Waals surface area (Å²) in [7, 11) is 0. The number of hydrogen-bond acceptors (Lipinski definition) is 7. The number of carbonyl (C=O) groups is 4. The van der Waals surface area contributed by atoms with Crippen molar-refractivity contribution in [3.63, 3.8) is 0 Å². The highest BCUT2D eigenvalue weighted by Gasteiger charge is 2.29. The number of carbonyl (C=O) groups excluding carboxylic acids is 3. The molecule has 0 aliphatic carbocycles. The van der Waals surface area contributed by atoms with Crippen LogP contribution in [0, 0.1) is 5.41 Å². The van der Waals surface area contributed by atoms with Gasteiger partial charge in [0.1, 0.15) is 17.9 Å². The van der Waals surface area contributed by atoms with Gasteiger partial charge in [-0.05, 0) is 42.9 Å². The van der Waals surface area contributed by atoms with Crippen molar-refractivity contribution < 1.29 is 24.3 Å². The predicted molar refractivity (Wildman–Crippen MR) is 148 cm³/mol. The van der Waals surface area contributed by atoms with E-state index >= 15 is 0 Å². The highest BCUT2D eigenvalue weighted by Crippen LogP contribution is 2.22. The molecule has 3 atom stereocenters. The molecule has 0 spiro atoms. The molecule has 0 bridgehead atoms. The number of aromatic nitrogens is 1. The summed E-state index contributed by atoms with van der Waals surface area (Å²) in [5, 5.41) is 21.9. The normalized spacial score (nSPS) is 12.8. The first-order valence-electron chi connectivity index (χ1n) is 12.5. The van der Waals surface area contributed by atoms with Crippen LogP contribution in [0.1, 0.15) is 48.3 Å². The molecule has 0 saturated carbocycles. The number of primary amides is 1. The lowest BCUT2D eigenvalue weighted by molar-refractivity contribution is -0.138. The largest absolute Gasteiger partial charge is 0.481 e. The third-order valence-corrected chi connectivity index (χ3v) is 5.99. The van der Waals surface area contributed by atoms with Crippen LogP contribution >= 0.6 is 0 Å². The predicted octanol–water partition coefficient (Wildman–Crippen LogP) is -0.935. The minimum Gasteiger partial charge on any atom is -0.481 e. The quantitative estimate of drug-likeness (QED) is 0.0723. The fraction of sp³-hybridized carbons (Fsp3) is 0.346. The van der Waals surface area contributed by atoms with Gasteiger partial charge in [0, 0.05) is 30.9 Å². The third-order valence-electron chi connectivity index (χ3n) is 5.99. The fourth-order valence-corrected chi connectivity index (χ4v) is 3.87. The van der Waals surface area contributed by atoms with Crippen LogP contribution < -0.4 is 33.6 Å². The van der Waals surface area contributed by atoms with Gasteiger partial charge in [-0.15, -0.1) is 0 Å². The number of carboxylic acids is 1. The van der Waals surface area contributed by atoms with Gasteiger partial charge in [0.15, 0.2) is 5.96 Å². The second kappa shape index (κ2) is 15.4. The van der Waals surface area contributed by atoms with Gasteiger partial charge in [-0.3, -0.25) is 34.6 Å². The Kier molecular flexibility index (Phi) is 12.0. The molecule has 1 aromatic heterocycles. The Balaban J connectivity index is 2.24. The van der Waals surface area contributed by atoms with E-state index in [0.717, 1.165) is 5.56 Å². The molecule has 14 heteroatoms. The van der Waals surface area contributed by atoms with Gasteiger partial charge in [-0.1, -0.05) is 30.3 Å². The summed E-state index contributed by atoms with van der Waals surface area (Å²) in [6, 6.07) is 7.84. The molecule has 40 heavy (non-hydrogen) atoms. The lowest BCUT2D eigenvalue weighted by atomic mass is 9.91. The van der Waals surface area contributed by atoms with Gasteiger partial charge in [0.05, 0.1) is 5.92 Å². The van der Waals surface area contributed by atoms with E-state index in [1.807, 2.05) is 0 Å². The van der Waals surface area contributed by atoms with Gasteiger partial charge < -0.3 is 38.7 Å². The molecular weight excluding hydrogens is 518 g/mol. The smallest absolute Gasteiger partial charge is 0.303 e. The molecule has 3 amide bonds. The average Bonchev–Trinajstić information content (AvgIpc) is 2.91. The first kappa shape index (κ1) is 31.2. The SMILES string of the molecule is N=C(N)c1ccc(C[C@@H](C(=O)N[C@@H](CCC(=O)O)C(=O)N[C@@H](CCCN=C(N)N)C(N)=O)c2cccnc2)cc1. The van der Waals surface area contributed by atoms with E-state index in [-0.39, 0.29) is 37.6 Å². The van der Waals surface area contributed by atoms with Gasteiger partial charge in [-0.25, -0.2) is 0 Å². The summed E-state index contributed by atoms with van der Waals surface area (Å²) >= 11 is 0. The van der Waals surface area contributed by atoms with Crippen LogP contribution in [0.15, 0.2) is 53.8 Å². The van der Waals surface area contributed by atoms with E-state index in [2.05, 4.69) is 20.6 Å². The van der Waals surface area contributed by atoms with E-state index in [0.29, 0.717) is 17.5 Å². The highest BCUT2D eigenvalue weighted by atomic mass is 16.4. The number of nitrogens with two attached hydrogens (primary N) is 4. The molecule has 0 unspecified atom stereocenters. The number of amidine groups is 1. The Bertz CT molecular complexity index is 1210. The second-order valence-corrected chi connectivity index (χ2v) is 9.06. The Labute approximate surface area is 231 Å². The maximum absolute atomic E-state index is 13.5. The van der Waals surface area contributed by atoms with Gasteiger partial charge in [0.25, 0.3) is 0 Å². The molecule has 0 aliphatic rings. The molecule has 2 aromatic rings. The van der Waals surface area contributed by atoms with Crippen LogP contribution in [-0.4, -0.2) is 64.2 Å². The fourth-order valence-electron chi connectivity index (χ4n) is 3.87. The number of amides is 3. The van der Waals surface area contributed by atoms with Crippen molar-refractivity contribution in [3.05, 3.63) is 65.5 Å². The number of nitrogens with zero attached hydrogens (tertiary/aromatic N) is 2. The van der Waals surface area contributed by atoms with Crippen LogP contribution in [0.3, 0.4) is 0 Å². The molecule has 0 saturated heterocycles. The minimum absolute atomic E-state index is 0.0918. The van der Waals surface area contributed by atoms with E-state index in [9.17, 15) is 24.3 Å². The van der Waals surface area contributed by atoms with Crippen LogP contribution in [-0.2, 0) is 25.6 Å². The van der Waals surface area contributed by atoms with Crippen molar-refractivity contribution in [2.75, 3.05) is 6.54 Å². The molecule has 1 heterocycles. The van der Waals surface area contributed by atoms with Crippen molar-refractivity contribution in [2.24, 2.45) is 27.9 Å². The van der Waals surface area contributed by atoms with Gasteiger partial charge in [-0.2, -0.15) is 0 Å². The zero-order chi connectivity index (χ0) is 29.7. The van der Waals surface area contributed by atoms with Crippen molar-refractivity contribution in [1.82, 2.24) is 15.6 Å². The summed E-state index contributed by atoms with van der Waals surface area (Å²) in [6.07, 6.45) is 3.14. The minimum atomic E-state index is -1.26. The van der Waals surface area contributed by atoms with Crippen LogP contribution in [0.25, 0.3) is 0 Å². The molecule has 0 fully saturated rings. The average molecular weight is 554 g/mol. The third kappa shape index (κ3) is 10.4. The van der Waals surface area contributed by atoms with Crippen molar-refractivity contribution in [3.8, 4) is 0 Å². The summed E-state index contributed by atoms with van der Waals surface area (Å²) in [5.74, 6) is -4.26.